The highest BCUT2D eigenvalue weighted by Crippen LogP contribution is 2.29. The molecule has 120 valence electrons. The standard InChI is InChI=1S/C21H16N4/c1-14(22)15-10-12-16(13-11-15)24-19-8-4-5-9-20(19)25-18-7-3-2-6-17(18)23-21(24)25/h2-13,22H,1H3. The smallest absolute Gasteiger partial charge is 0.220 e. The summed E-state index contributed by atoms with van der Waals surface area (Å²) in [5.74, 6) is 0.904. The van der Waals surface area contributed by atoms with E-state index in [-0.39, 0.29) is 0 Å². The van der Waals surface area contributed by atoms with Gasteiger partial charge in [-0.15, -0.1) is 0 Å². The minimum absolute atomic E-state index is 0.570. The molecule has 5 aromatic rings. The van der Waals surface area contributed by atoms with Crippen LogP contribution < -0.4 is 0 Å². The number of nitrogens with one attached hydrogen (secondary N) is 1. The Morgan fingerprint density at radius 3 is 2.16 bits per heavy atom. The summed E-state index contributed by atoms with van der Waals surface area (Å²) in [6, 6.07) is 24.7. The predicted octanol–water partition coefficient (Wildman–Crippen LogP) is 4.82. The van der Waals surface area contributed by atoms with Crippen molar-refractivity contribution >= 4 is 33.6 Å². The predicted molar refractivity (Wildman–Crippen MR) is 102 cm³/mol. The van der Waals surface area contributed by atoms with Gasteiger partial charge in [-0.2, -0.15) is 0 Å². The van der Waals surface area contributed by atoms with E-state index < -0.39 is 0 Å². The van der Waals surface area contributed by atoms with Gasteiger partial charge in [-0.3, -0.25) is 8.97 Å². The van der Waals surface area contributed by atoms with Crippen LogP contribution in [0.2, 0.25) is 0 Å². The maximum absolute atomic E-state index is 7.79. The largest absolute Gasteiger partial charge is 0.305 e. The summed E-state index contributed by atoms with van der Waals surface area (Å²) in [6.07, 6.45) is 0. The van der Waals surface area contributed by atoms with Gasteiger partial charge >= 0.3 is 0 Å². The highest BCUT2D eigenvalue weighted by atomic mass is 15.2. The van der Waals surface area contributed by atoms with Crippen molar-refractivity contribution in [1.29, 1.82) is 5.41 Å². The van der Waals surface area contributed by atoms with Crippen LogP contribution in [-0.4, -0.2) is 19.7 Å². The van der Waals surface area contributed by atoms with Gasteiger partial charge in [0, 0.05) is 11.4 Å². The number of nitrogens with zero attached hydrogens (tertiary/aromatic N) is 3. The van der Waals surface area contributed by atoms with Gasteiger partial charge in [0.25, 0.3) is 0 Å². The van der Waals surface area contributed by atoms with Crippen LogP contribution in [0.1, 0.15) is 12.5 Å². The SMILES string of the molecule is CC(=N)c1ccc(-n2c3ccccc3n3c4ccccc4nc23)cc1. The van der Waals surface area contributed by atoms with Crippen LogP contribution in [0.15, 0.2) is 72.8 Å². The molecule has 0 aliphatic heterocycles. The van der Waals surface area contributed by atoms with Crippen molar-refractivity contribution < 1.29 is 0 Å². The molecule has 0 spiro atoms. The molecule has 5 rings (SSSR count). The van der Waals surface area contributed by atoms with E-state index in [2.05, 4.69) is 51.4 Å². The molecule has 0 saturated carbocycles. The van der Waals surface area contributed by atoms with Gasteiger partial charge < -0.3 is 5.41 Å². The second kappa shape index (κ2) is 5.05. The third-order valence-electron chi connectivity index (χ3n) is 4.67. The van der Waals surface area contributed by atoms with Gasteiger partial charge in [0.05, 0.1) is 22.1 Å². The fourth-order valence-electron chi connectivity index (χ4n) is 3.47. The molecule has 0 unspecified atom stereocenters. The summed E-state index contributed by atoms with van der Waals surface area (Å²) in [5, 5.41) is 7.79. The number of para-hydroxylation sites is 4. The fraction of sp³-hybridized carbons (Fsp3) is 0.0476. The quantitative estimate of drug-likeness (QED) is 0.465. The van der Waals surface area contributed by atoms with Crippen LogP contribution in [-0.2, 0) is 0 Å². The maximum Gasteiger partial charge on any atom is 0.220 e. The lowest BCUT2D eigenvalue weighted by Gasteiger charge is -2.06. The minimum atomic E-state index is 0.570. The summed E-state index contributed by atoms with van der Waals surface area (Å²) < 4.78 is 4.39. The summed E-state index contributed by atoms with van der Waals surface area (Å²) in [6.45, 7) is 1.81. The Hall–Kier alpha value is -3.40. The Balaban J connectivity index is 1.91. The molecule has 0 bridgehead atoms. The normalized spacial score (nSPS) is 11.6. The molecule has 4 heteroatoms. The van der Waals surface area contributed by atoms with Gasteiger partial charge in [-0.25, -0.2) is 4.98 Å². The highest BCUT2D eigenvalue weighted by Gasteiger charge is 2.16. The summed E-state index contributed by atoms with van der Waals surface area (Å²) in [4.78, 5) is 4.87. The Kier molecular flexibility index (Phi) is 2.82. The van der Waals surface area contributed by atoms with Crippen LogP contribution in [0.5, 0.6) is 0 Å². The number of fused-ring (bicyclic) bond motifs is 5. The molecular weight excluding hydrogens is 308 g/mol. The topological polar surface area (TPSA) is 46.1 Å². The van der Waals surface area contributed by atoms with Crippen LogP contribution in [0.25, 0.3) is 33.5 Å². The first-order chi connectivity index (χ1) is 12.2. The van der Waals surface area contributed by atoms with Crippen molar-refractivity contribution in [3.05, 3.63) is 78.4 Å². The minimum Gasteiger partial charge on any atom is -0.305 e. The van der Waals surface area contributed by atoms with E-state index in [1.54, 1.807) is 6.92 Å². The molecule has 0 saturated heterocycles. The lowest BCUT2D eigenvalue weighted by molar-refractivity contribution is 1.11. The molecule has 0 fully saturated rings. The Bertz CT molecular complexity index is 1260. The summed E-state index contributed by atoms with van der Waals surface area (Å²) in [7, 11) is 0. The second-order valence-electron chi connectivity index (χ2n) is 6.23. The van der Waals surface area contributed by atoms with E-state index in [9.17, 15) is 0 Å². The molecule has 3 aromatic carbocycles. The van der Waals surface area contributed by atoms with Crippen molar-refractivity contribution in [1.82, 2.24) is 14.0 Å². The first-order valence-electron chi connectivity index (χ1n) is 8.26. The van der Waals surface area contributed by atoms with Crippen LogP contribution in [0.4, 0.5) is 0 Å². The zero-order valence-corrected chi connectivity index (χ0v) is 13.8. The van der Waals surface area contributed by atoms with E-state index >= 15 is 0 Å². The number of benzene rings is 3. The Morgan fingerprint density at radius 2 is 1.44 bits per heavy atom. The van der Waals surface area contributed by atoms with E-state index in [0.29, 0.717) is 5.71 Å². The first kappa shape index (κ1) is 14.0. The maximum atomic E-state index is 7.79. The molecule has 25 heavy (non-hydrogen) atoms. The van der Waals surface area contributed by atoms with Gasteiger partial charge in [-0.1, -0.05) is 36.4 Å². The number of rotatable bonds is 2. The van der Waals surface area contributed by atoms with Crippen molar-refractivity contribution in [2.24, 2.45) is 0 Å². The third-order valence-corrected chi connectivity index (χ3v) is 4.67. The number of imidazole rings is 2. The number of hydrogen-bond donors (Lipinski definition) is 1. The van der Waals surface area contributed by atoms with Crippen molar-refractivity contribution in [3.63, 3.8) is 0 Å². The van der Waals surface area contributed by atoms with E-state index in [1.165, 1.54) is 0 Å². The highest BCUT2D eigenvalue weighted by molar-refractivity contribution is 5.96. The van der Waals surface area contributed by atoms with E-state index in [1.807, 2.05) is 30.3 Å². The van der Waals surface area contributed by atoms with E-state index in [0.717, 1.165) is 39.1 Å². The third kappa shape index (κ3) is 1.94. The van der Waals surface area contributed by atoms with E-state index in [4.69, 9.17) is 10.4 Å². The summed E-state index contributed by atoms with van der Waals surface area (Å²) in [5.41, 5.74) is 6.91. The molecule has 0 radical (unpaired) electrons. The molecule has 4 nitrogen and oxygen atoms in total. The molecule has 2 aromatic heterocycles. The van der Waals surface area contributed by atoms with Crippen molar-refractivity contribution in [2.75, 3.05) is 0 Å². The molecule has 0 amide bonds. The number of hydrogen-bond acceptors (Lipinski definition) is 2. The van der Waals surface area contributed by atoms with Gasteiger partial charge in [-0.05, 0) is 48.9 Å². The molecule has 2 heterocycles. The van der Waals surface area contributed by atoms with Crippen LogP contribution in [0.3, 0.4) is 0 Å². The molecule has 0 aliphatic rings. The van der Waals surface area contributed by atoms with Gasteiger partial charge in [0.2, 0.25) is 5.78 Å². The molecular formula is C21H16N4. The zero-order chi connectivity index (χ0) is 17.0. The van der Waals surface area contributed by atoms with Crippen LogP contribution >= 0.6 is 0 Å². The van der Waals surface area contributed by atoms with Crippen molar-refractivity contribution in [3.8, 4) is 5.69 Å². The monoisotopic (exact) mass is 324 g/mol. The first-order valence-corrected chi connectivity index (χ1v) is 8.26. The van der Waals surface area contributed by atoms with Crippen LogP contribution in [0, 0.1) is 5.41 Å². The van der Waals surface area contributed by atoms with Gasteiger partial charge in [0.15, 0.2) is 0 Å². The van der Waals surface area contributed by atoms with Gasteiger partial charge in [0.1, 0.15) is 0 Å². The average Bonchev–Trinajstić information content (AvgIpc) is 3.16. The fourth-order valence-corrected chi connectivity index (χ4v) is 3.47. The zero-order valence-electron chi connectivity index (χ0n) is 13.8. The summed E-state index contributed by atoms with van der Waals surface area (Å²) >= 11 is 0. The molecule has 1 N–H and O–H groups in total. The lowest BCUT2D eigenvalue weighted by atomic mass is 10.1. The Morgan fingerprint density at radius 1 is 0.800 bits per heavy atom. The average molecular weight is 324 g/mol. The molecule has 0 aliphatic carbocycles. The Labute approximate surface area is 144 Å². The second-order valence-corrected chi connectivity index (χ2v) is 6.23. The molecule has 0 atom stereocenters. The lowest BCUT2D eigenvalue weighted by Crippen LogP contribution is -1.97. The number of aromatic nitrogens is 3. The van der Waals surface area contributed by atoms with Crippen molar-refractivity contribution in [2.45, 2.75) is 6.92 Å².